The van der Waals surface area contributed by atoms with Gasteiger partial charge in [-0.2, -0.15) is 0 Å². The van der Waals surface area contributed by atoms with Gasteiger partial charge >= 0.3 is 0 Å². The van der Waals surface area contributed by atoms with Crippen molar-refractivity contribution in [1.29, 1.82) is 0 Å². The highest BCUT2D eigenvalue weighted by Crippen LogP contribution is 2.29. The highest BCUT2D eigenvalue weighted by atomic mass is 16.6. The second-order valence-corrected chi connectivity index (χ2v) is 13.8. The molecular weight excluding hydrogens is 668 g/mol. The minimum Gasteiger partial charge on any atom is -0.379 e. The van der Waals surface area contributed by atoms with Crippen LogP contribution in [0, 0.1) is 22.0 Å². The molecule has 14 nitrogen and oxygen atoms in total. The summed E-state index contributed by atoms with van der Waals surface area (Å²) in [5.41, 5.74) is 5.23. The van der Waals surface area contributed by atoms with Crippen LogP contribution in [0.2, 0.25) is 0 Å². The predicted octanol–water partition coefficient (Wildman–Crippen LogP) is 4.62. The van der Waals surface area contributed by atoms with Crippen LogP contribution in [0.15, 0.2) is 24.3 Å². The lowest BCUT2D eigenvalue weighted by Crippen LogP contribution is -2.52. The maximum Gasteiger partial charge on any atom is 0.269 e. The Balaban J connectivity index is 0. The van der Waals surface area contributed by atoms with E-state index < -0.39 is 4.92 Å². The number of primary amides is 1. The molecule has 0 spiro atoms. The van der Waals surface area contributed by atoms with E-state index in [1.165, 1.54) is 23.5 Å². The van der Waals surface area contributed by atoms with E-state index >= 15 is 0 Å². The zero-order valence-corrected chi connectivity index (χ0v) is 34.1. The molecule has 4 amide bonds. The number of amides is 4. The zero-order valence-electron chi connectivity index (χ0n) is 34.1. The number of nitrogens with zero attached hydrogens (tertiary/aromatic N) is 5. The molecule has 1 fully saturated rings. The Morgan fingerprint density at radius 2 is 1.58 bits per heavy atom. The van der Waals surface area contributed by atoms with E-state index in [0.717, 1.165) is 37.8 Å². The average Bonchev–Trinajstić information content (AvgIpc) is 3.59. The van der Waals surface area contributed by atoms with Gasteiger partial charge in [0, 0.05) is 66.5 Å². The third-order valence-corrected chi connectivity index (χ3v) is 8.91. The molecule has 52 heavy (non-hydrogen) atoms. The molecule has 0 bridgehead atoms. The molecule has 14 heteroatoms. The summed E-state index contributed by atoms with van der Waals surface area (Å²) in [7, 11) is 10.9. The fraction of sp³-hybridized carbons (Fsp3) is 0.737. The van der Waals surface area contributed by atoms with Crippen molar-refractivity contribution in [2.45, 2.75) is 111 Å². The third kappa shape index (κ3) is 19.3. The number of benzene rings is 1. The Morgan fingerprint density at radius 3 is 2.00 bits per heavy atom. The van der Waals surface area contributed by atoms with Crippen molar-refractivity contribution < 1.29 is 33.6 Å². The molecule has 1 aliphatic rings. The number of methoxy groups -OCH3 is 2. The van der Waals surface area contributed by atoms with Gasteiger partial charge < -0.3 is 34.8 Å². The number of carbonyl (C=O) groups is 4. The van der Waals surface area contributed by atoms with E-state index in [1.54, 1.807) is 33.4 Å². The molecule has 2 rings (SSSR count). The number of non-ortho nitro benzene ring substituents is 1. The summed E-state index contributed by atoms with van der Waals surface area (Å²) in [6.45, 7) is 14.9. The number of carbonyl (C=O) groups excluding carboxylic acids is 4. The Hall–Kier alpha value is -3.62. The first kappa shape index (κ1) is 50.5. The first-order chi connectivity index (χ1) is 24.5. The number of hydrogen-bond donors (Lipinski definition) is 1. The van der Waals surface area contributed by atoms with E-state index in [-0.39, 0.29) is 60.5 Å². The second kappa shape index (κ2) is 28.9. The Labute approximate surface area is 313 Å². The zero-order chi connectivity index (χ0) is 40.4. The predicted molar refractivity (Wildman–Crippen MR) is 207 cm³/mol. The highest BCUT2D eigenvalue weighted by Gasteiger charge is 2.39. The number of hydrogen-bond acceptors (Lipinski definition) is 9. The quantitative estimate of drug-likeness (QED) is 0.128. The van der Waals surface area contributed by atoms with E-state index in [1.807, 2.05) is 35.8 Å². The fourth-order valence-corrected chi connectivity index (χ4v) is 5.99. The normalized spacial score (nSPS) is 15.7. The van der Waals surface area contributed by atoms with Crippen LogP contribution in [0.5, 0.6) is 0 Å². The Kier molecular flexibility index (Phi) is 28.1. The molecule has 2 N–H and O–H groups in total. The minimum atomic E-state index is -0.429. The van der Waals surface area contributed by atoms with Gasteiger partial charge in [0.1, 0.15) is 0 Å². The molecule has 0 radical (unpaired) electrons. The van der Waals surface area contributed by atoms with Crippen LogP contribution in [0.4, 0.5) is 5.69 Å². The van der Waals surface area contributed by atoms with E-state index in [0.29, 0.717) is 31.8 Å². The monoisotopic (exact) mass is 739 g/mol. The van der Waals surface area contributed by atoms with Gasteiger partial charge in [0.25, 0.3) is 5.69 Å². The van der Waals surface area contributed by atoms with Crippen molar-refractivity contribution >= 4 is 30.3 Å². The molecule has 1 aromatic carbocycles. The van der Waals surface area contributed by atoms with Crippen molar-refractivity contribution in [3.05, 3.63) is 39.9 Å². The number of nitrogens with two attached hydrogens (primary N) is 1. The van der Waals surface area contributed by atoms with Gasteiger partial charge in [-0.25, -0.2) is 0 Å². The molecular formula is C38H70N6O8. The van der Waals surface area contributed by atoms with Gasteiger partial charge in [-0.3, -0.25) is 29.3 Å². The summed E-state index contributed by atoms with van der Waals surface area (Å²) in [5.74, 6) is 0.754. The van der Waals surface area contributed by atoms with Crippen LogP contribution >= 0.6 is 0 Å². The van der Waals surface area contributed by atoms with Crippen LogP contribution in [-0.2, 0) is 35.1 Å². The summed E-state index contributed by atoms with van der Waals surface area (Å²) in [6.07, 6.45) is 6.27. The van der Waals surface area contributed by atoms with Crippen molar-refractivity contribution in [1.82, 2.24) is 19.6 Å². The molecule has 300 valence electrons. The van der Waals surface area contributed by atoms with Gasteiger partial charge in [0.15, 0.2) is 0 Å². The van der Waals surface area contributed by atoms with Gasteiger partial charge in [0.2, 0.25) is 24.6 Å². The van der Waals surface area contributed by atoms with Crippen LogP contribution < -0.4 is 5.73 Å². The molecule has 1 aliphatic heterocycles. The van der Waals surface area contributed by atoms with Crippen LogP contribution in [-0.4, -0.2) is 135 Å². The molecule has 0 aliphatic carbocycles. The first-order valence-corrected chi connectivity index (χ1v) is 18.3. The summed E-state index contributed by atoms with van der Waals surface area (Å²) in [5, 5.41) is 10.4. The average molecular weight is 739 g/mol. The van der Waals surface area contributed by atoms with Crippen molar-refractivity contribution in [3.63, 3.8) is 0 Å². The molecule has 0 aromatic heterocycles. The topological polar surface area (TPSA) is 169 Å². The van der Waals surface area contributed by atoms with Gasteiger partial charge in [-0.1, -0.05) is 66.5 Å². The lowest BCUT2D eigenvalue weighted by molar-refractivity contribution is -0.384. The summed E-state index contributed by atoms with van der Waals surface area (Å²) >= 11 is 0. The molecule has 5 atom stereocenters. The lowest BCUT2D eigenvalue weighted by atomic mass is 9.90. The van der Waals surface area contributed by atoms with Crippen LogP contribution in [0.3, 0.4) is 0 Å². The molecule has 0 saturated carbocycles. The summed E-state index contributed by atoms with van der Waals surface area (Å²) in [4.78, 5) is 62.4. The fourth-order valence-electron chi connectivity index (χ4n) is 5.99. The lowest BCUT2D eigenvalue weighted by Gasteiger charge is -2.39. The van der Waals surface area contributed by atoms with Gasteiger partial charge in [-0.05, 0) is 50.8 Å². The van der Waals surface area contributed by atoms with E-state index in [4.69, 9.17) is 14.3 Å². The molecule has 1 aromatic rings. The van der Waals surface area contributed by atoms with Crippen LogP contribution in [0.1, 0.15) is 85.6 Å². The van der Waals surface area contributed by atoms with Crippen LogP contribution in [0.25, 0.3) is 0 Å². The maximum atomic E-state index is 13.4. The first-order valence-electron chi connectivity index (χ1n) is 18.3. The number of nitro groups is 1. The highest BCUT2D eigenvalue weighted by molar-refractivity contribution is 5.78. The number of rotatable bonds is 18. The van der Waals surface area contributed by atoms with Crippen molar-refractivity contribution in [2.24, 2.45) is 17.6 Å². The smallest absolute Gasteiger partial charge is 0.269 e. The Morgan fingerprint density at radius 1 is 1.02 bits per heavy atom. The molecule has 1 saturated heterocycles. The number of likely N-dealkylation sites (N-methyl/N-ethyl adjacent to an activating group) is 2. The second-order valence-electron chi connectivity index (χ2n) is 13.8. The van der Waals surface area contributed by atoms with Crippen molar-refractivity contribution in [3.8, 4) is 0 Å². The summed E-state index contributed by atoms with van der Waals surface area (Å²) < 4.78 is 11.6. The largest absolute Gasteiger partial charge is 0.379 e. The summed E-state index contributed by atoms with van der Waals surface area (Å²) in [6, 6.07) is 6.31. The minimum absolute atomic E-state index is 0.0353. The SMILES string of the molecule is CCC.CCC(C)C(C(CC(=O)N1CCCC1C(OC)C(C)C)OC)N(C)C(=O)CCN(C)C.CN(C=O)CCc1ccc([N+](=O)[O-])cc1.NC=O. The number of ether oxygens (including phenoxy) is 2. The maximum absolute atomic E-state index is 13.4. The van der Waals surface area contributed by atoms with Gasteiger partial charge in [-0.15, -0.1) is 0 Å². The van der Waals surface area contributed by atoms with E-state index in [2.05, 4.69) is 47.3 Å². The molecule has 5 unspecified atom stereocenters. The van der Waals surface area contributed by atoms with E-state index in [9.17, 15) is 24.5 Å². The van der Waals surface area contributed by atoms with Gasteiger partial charge in [0.05, 0.1) is 35.6 Å². The van der Waals surface area contributed by atoms with Crippen molar-refractivity contribution in [2.75, 3.05) is 62.0 Å². The number of likely N-dealkylation sites (tertiary alicyclic amines) is 1. The number of nitro benzene ring substituents is 1. The Bertz CT molecular complexity index is 1140. The standard InChI is InChI=1S/C24H47N3O4.C10H12N2O3.C3H8.CH3NO/c1-10-18(4)23(26(7)21(28)13-15-25(5)6)20(30-8)16-22(29)27-14-11-12-19(27)24(31-9)17(2)3;1-11(8-13)7-6-9-2-4-10(5-3-9)12(14)15;1-3-2;2-1-3/h17-20,23-24H,10-16H2,1-9H3;2-5,8H,6-7H2,1H3;3H2,1-2H3;1H,(H2,2,3). The third-order valence-electron chi connectivity index (χ3n) is 8.91. The molecule has 1 heterocycles.